The predicted octanol–water partition coefficient (Wildman–Crippen LogP) is 3.08. The molecule has 1 amide bonds. The SMILES string of the molecule is Cc1ccccc1N1C(=O)c2cc(S(N)(=O)=O)c(C(F)(F)F)cc2NC1C. The number of benzene rings is 2. The standard InChI is InChI=1S/C17H16F3N3O3S/c1-9-5-3-4-6-14(9)23-10(2)22-13-8-12(17(18,19)20)15(27(21,25)26)7-11(13)16(23)24/h3-8,10,22H,1-2H3,(H2,21,25,26). The van der Waals surface area contributed by atoms with Crippen LogP contribution in [0.15, 0.2) is 41.3 Å². The molecule has 3 N–H and O–H groups in total. The number of hydrogen-bond donors (Lipinski definition) is 2. The molecule has 2 aromatic rings. The van der Waals surface area contributed by atoms with Crippen LogP contribution in [-0.2, 0) is 16.2 Å². The number of rotatable bonds is 2. The summed E-state index contributed by atoms with van der Waals surface area (Å²) in [4.78, 5) is 13.2. The number of carbonyl (C=O) groups excluding carboxylic acids is 1. The Balaban J connectivity index is 2.22. The minimum Gasteiger partial charge on any atom is -0.364 e. The number of nitrogens with zero attached hydrogens (tertiary/aromatic N) is 1. The number of halogens is 3. The second kappa shape index (κ2) is 6.24. The van der Waals surface area contributed by atoms with Crippen molar-refractivity contribution in [3.05, 3.63) is 53.1 Å². The maximum atomic E-state index is 13.3. The van der Waals surface area contributed by atoms with Gasteiger partial charge in [0.1, 0.15) is 6.17 Å². The number of para-hydroxylation sites is 1. The topological polar surface area (TPSA) is 92.5 Å². The van der Waals surface area contributed by atoms with E-state index in [4.69, 9.17) is 5.14 Å². The fourth-order valence-electron chi connectivity index (χ4n) is 3.08. The first-order valence-corrected chi connectivity index (χ1v) is 9.39. The Bertz CT molecular complexity index is 1040. The van der Waals surface area contributed by atoms with E-state index in [-0.39, 0.29) is 11.3 Å². The summed E-state index contributed by atoms with van der Waals surface area (Å²) in [5, 5.41) is 7.78. The summed E-state index contributed by atoms with van der Waals surface area (Å²) in [6.45, 7) is 3.40. The highest BCUT2D eigenvalue weighted by atomic mass is 32.2. The second-order valence-corrected chi connectivity index (χ2v) is 7.75. The van der Waals surface area contributed by atoms with Gasteiger partial charge in [0.25, 0.3) is 5.91 Å². The van der Waals surface area contributed by atoms with Gasteiger partial charge in [0, 0.05) is 11.4 Å². The van der Waals surface area contributed by atoms with Crippen molar-refractivity contribution in [1.29, 1.82) is 0 Å². The third-order valence-electron chi connectivity index (χ3n) is 4.31. The number of primary sulfonamides is 1. The van der Waals surface area contributed by atoms with Gasteiger partial charge in [-0.05, 0) is 37.6 Å². The highest BCUT2D eigenvalue weighted by Crippen LogP contribution is 2.40. The van der Waals surface area contributed by atoms with Gasteiger partial charge in [0.15, 0.2) is 0 Å². The molecule has 0 bridgehead atoms. The van der Waals surface area contributed by atoms with Crippen molar-refractivity contribution in [2.75, 3.05) is 10.2 Å². The number of anilines is 2. The average molecular weight is 399 g/mol. The molecule has 0 saturated carbocycles. The van der Waals surface area contributed by atoms with E-state index >= 15 is 0 Å². The van der Waals surface area contributed by atoms with Gasteiger partial charge in [0.2, 0.25) is 10.0 Å². The lowest BCUT2D eigenvalue weighted by Gasteiger charge is -2.37. The Morgan fingerprint density at radius 3 is 2.37 bits per heavy atom. The lowest BCUT2D eigenvalue weighted by Crippen LogP contribution is -2.48. The van der Waals surface area contributed by atoms with Crippen LogP contribution in [0.1, 0.15) is 28.4 Å². The van der Waals surface area contributed by atoms with Crippen LogP contribution in [0.25, 0.3) is 0 Å². The highest BCUT2D eigenvalue weighted by Gasteiger charge is 2.40. The molecule has 27 heavy (non-hydrogen) atoms. The van der Waals surface area contributed by atoms with Crippen molar-refractivity contribution in [1.82, 2.24) is 0 Å². The van der Waals surface area contributed by atoms with E-state index in [0.717, 1.165) is 5.56 Å². The molecule has 144 valence electrons. The smallest absolute Gasteiger partial charge is 0.364 e. The van der Waals surface area contributed by atoms with Crippen molar-refractivity contribution < 1.29 is 26.4 Å². The molecule has 10 heteroatoms. The minimum absolute atomic E-state index is 0.0999. The van der Waals surface area contributed by atoms with Gasteiger partial charge < -0.3 is 5.32 Å². The summed E-state index contributed by atoms with van der Waals surface area (Å²) < 4.78 is 63.3. The number of carbonyl (C=O) groups is 1. The van der Waals surface area contributed by atoms with E-state index in [2.05, 4.69) is 5.32 Å². The number of aryl methyl sites for hydroxylation is 1. The lowest BCUT2D eigenvalue weighted by molar-refractivity contribution is -0.139. The van der Waals surface area contributed by atoms with Crippen molar-refractivity contribution in [3.8, 4) is 0 Å². The van der Waals surface area contributed by atoms with Crippen LogP contribution in [0.3, 0.4) is 0 Å². The summed E-state index contributed by atoms with van der Waals surface area (Å²) in [6, 6.07) is 8.28. The summed E-state index contributed by atoms with van der Waals surface area (Å²) in [5.41, 5.74) is -0.377. The van der Waals surface area contributed by atoms with Crippen molar-refractivity contribution in [2.45, 2.75) is 31.1 Å². The zero-order chi connectivity index (χ0) is 20.1. The Morgan fingerprint density at radius 2 is 1.81 bits per heavy atom. The van der Waals surface area contributed by atoms with Gasteiger partial charge in [-0.2, -0.15) is 13.2 Å². The van der Waals surface area contributed by atoms with Crippen molar-refractivity contribution in [3.63, 3.8) is 0 Å². The van der Waals surface area contributed by atoms with Crippen LogP contribution in [0.2, 0.25) is 0 Å². The number of amides is 1. The Kier molecular flexibility index (Phi) is 4.43. The third kappa shape index (κ3) is 3.37. The van der Waals surface area contributed by atoms with Gasteiger partial charge in [-0.25, -0.2) is 13.6 Å². The van der Waals surface area contributed by atoms with Gasteiger partial charge >= 0.3 is 6.18 Å². The molecule has 0 aliphatic carbocycles. The van der Waals surface area contributed by atoms with Crippen molar-refractivity contribution >= 4 is 27.3 Å². The minimum atomic E-state index is -4.95. The first-order valence-electron chi connectivity index (χ1n) is 7.85. The van der Waals surface area contributed by atoms with Crippen LogP contribution < -0.4 is 15.4 Å². The largest absolute Gasteiger partial charge is 0.417 e. The van der Waals surface area contributed by atoms with Crippen molar-refractivity contribution in [2.24, 2.45) is 5.14 Å². The number of alkyl halides is 3. The first-order chi connectivity index (χ1) is 12.4. The number of hydrogen-bond acceptors (Lipinski definition) is 4. The predicted molar refractivity (Wildman–Crippen MR) is 93.9 cm³/mol. The Hall–Kier alpha value is -2.59. The summed E-state index contributed by atoms with van der Waals surface area (Å²) in [5.74, 6) is -0.621. The molecule has 1 heterocycles. The third-order valence-corrected chi connectivity index (χ3v) is 5.26. The molecular weight excluding hydrogens is 383 g/mol. The lowest BCUT2D eigenvalue weighted by atomic mass is 10.0. The normalized spacial score (nSPS) is 17.5. The zero-order valence-electron chi connectivity index (χ0n) is 14.3. The molecule has 0 spiro atoms. The number of sulfonamides is 1. The summed E-state index contributed by atoms with van der Waals surface area (Å²) in [7, 11) is -4.70. The fourth-order valence-corrected chi connectivity index (χ4v) is 3.84. The quantitative estimate of drug-likeness (QED) is 0.812. The van der Waals surface area contributed by atoms with Gasteiger partial charge in [-0.3, -0.25) is 9.69 Å². The monoisotopic (exact) mass is 399 g/mol. The average Bonchev–Trinajstić information content (AvgIpc) is 2.54. The summed E-state index contributed by atoms with van der Waals surface area (Å²) >= 11 is 0. The number of nitrogens with one attached hydrogen (secondary N) is 1. The van der Waals surface area contributed by atoms with E-state index in [9.17, 15) is 26.4 Å². The molecule has 2 aromatic carbocycles. The molecule has 1 aliphatic rings. The molecule has 0 aromatic heterocycles. The Labute approximate surface area is 153 Å². The van der Waals surface area contributed by atoms with Gasteiger partial charge in [0.05, 0.1) is 16.0 Å². The Morgan fingerprint density at radius 1 is 1.19 bits per heavy atom. The van der Waals surface area contributed by atoms with Crippen LogP contribution in [0.4, 0.5) is 24.5 Å². The van der Waals surface area contributed by atoms with E-state index in [1.54, 1.807) is 38.1 Å². The molecular formula is C17H16F3N3O3S. The van der Waals surface area contributed by atoms with Crippen LogP contribution in [-0.4, -0.2) is 20.5 Å². The maximum absolute atomic E-state index is 13.3. The van der Waals surface area contributed by atoms with Gasteiger partial charge in [-0.1, -0.05) is 18.2 Å². The first kappa shape index (κ1) is 19.2. The number of nitrogens with two attached hydrogens (primary N) is 1. The van der Waals surface area contributed by atoms with E-state index in [0.29, 0.717) is 17.8 Å². The van der Waals surface area contributed by atoms with E-state index in [1.807, 2.05) is 0 Å². The van der Waals surface area contributed by atoms with Crippen LogP contribution >= 0.6 is 0 Å². The van der Waals surface area contributed by atoms with Crippen LogP contribution in [0.5, 0.6) is 0 Å². The molecule has 3 rings (SSSR count). The molecule has 1 aliphatic heterocycles. The maximum Gasteiger partial charge on any atom is 0.417 e. The molecule has 0 radical (unpaired) electrons. The molecule has 0 saturated heterocycles. The van der Waals surface area contributed by atoms with E-state index in [1.165, 1.54) is 4.90 Å². The fraction of sp³-hybridized carbons (Fsp3) is 0.235. The second-order valence-electron chi connectivity index (χ2n) is 6.22. The molecule has 1 atom stereocenters. The van der Waals surface area contributed by atoms with E-state index < -0.39 is 38.7 Å². The molecule has 0 fully saturated rings. The van der Waals surface area contributed by atoms with Gasteiger partial charge in [-0.15, -0.1) is 0 Å². The highest BCUT2D eigenvalue weighted by molar-refractivity contribution is 7.89. The van der Waals surface area contributed by atoms with Crippen LogP contribution in [0, 0.1) is 6.92 Å². The molecule has 6 nitrogen and oxygen atoms in total. The molecule has 1 unspecified atom stereocenters. The summed E-state index contributed by atoms with van der Waals surface area (Å²) in [6.07, 6.45) is -5.59. The number of fused-ring (bicyclic) bond motifs is 1. The zero-order valence-corrected chi connectivity index (χ0v) is 15.1.